The Morgan fingerprint density at radius 3 is 2.59 bits per heavy atom. The molecule has 0 unspecified atom stereocenters. The van der Waals surface area contributed by atoms with E-state index in [-0.39, 0.29) is 5.91 Å². The van der Waals surface area contributed by atoms with Gasteiger partial charge in [-0.15, -0.1) is 11.3 Å². The quantitative estimate of drug-likeness (QED) is 0.763. The van der Waals surface area contributed by atoms with Gasteiger partial charge in [0.1, 0.15) is 0 Å². The fourth-order valence-electron chi connectivity index (χ4n) is 2.12. The van der Waals surface area contributed by atoms with Gasteiger partial charge in [-0.05, 0) is 44.2 Å². The fraction of sp³-hybridized carbons (Fsp3) is 0.615. The normalized spacial score (nSPS) is 17.5. The Morgan fingerprint density at radius 1 is 1.47 bits per heavy atom. The van der Waals surface area contributed by atoms with E-state index in [0.717, 1.165) is 42.1 Å². The number of alkyl halides is 1. The summed E-state index contributed by atoms with van der Waals surface area (Å²) >= 11 is 5.15. The highest BCUT2D eigenvalue weighted by Gasteiger charge is 2.24. The second-order valence-corrected chi connectivity index (χ2v) is 6.64. The highest BCUT2D eigenvalue weighted by Crippen LogP contribution is 2.25. The molecule has 1 amide bonds. The summed E-state index contributed by atoms with van der Waals surface area (Å²) in [4.78, 5) is 16.4. The minimum atomic E-state index is 0.222. The molecule has 2 rings (SSSR count). The van der Waals surface area contributed by atoms with Crippen LogP contribution in [0.2, 0.25) is 0 Å². The molecule has 0 aromatic carbocycles. The zero-order valence-electron chi connectivity index (χ0n) is 10.3. The Morgan fingerprint density at radius 2 is 2.12 bits per heavy atom. The average Bonchev–Trinajstić information content (AvgIpc) is 2.69. The standard InChI is InChI=1S/C13H18BrNOS/c1-9-7-12(17-10(9)2)13(16)15-5-3-11(8-14)4-6-15/h7,11H,3-6,8H2,1-2H3. The molecule has 0 saturated carbocycles. The van der Waals surface area contributed by atoms with E-state index in [0.29, 0.717) is 0 Å². The van der Waals surface area contributed by atoms with Crippen molar-refractivity contribution in [1.29, 1.82) is 0 Å². The number of hydrogen-bond donors (Lipinski definition) is 0. The van der Waals surface area contributed by atoms with E-state index in [1.807, 2.05) is 11.0 Å². The number of aryl methyl sites for hydroxylation is 2. The first-order valence-electron chi connectivity index (χ1n) is 6.04. The van der Waals surface area contributed by atoms with Gasteiger partial charge in [-0.2, -0.15) is 0 Å². The molecule has 17 heavy (non-hydrogen) atoms. The maximum Gasteiger partial charge on any atom is 0.263 e. The third-order valence-electron chi connectivity index (χ3n) is 3.50. The molecule has 4 heteroatoms. The van der Waals surface area contributed by atoms with Gasteiger partial charge in [0, 0.05) is 23.3 Å². The van der Waals surface area contributed by atoms with Crippen LogP contribution >= 0.6 is 27.3 Å². The van der Waals surface area contributed by atoms with Crippen LogP contribution in [-0.4, -0.2) is 29.2 Å². The Kier molecular flexibility index (Phi) is 4.26. The third kappa shape index (κ3) is 2.91. The van der Waals surface area contributed by atoms with Crippen LogP contribution in [0.4, 0.5) is 0 Å². The van der Waals surface area contributed by atoms with Gasteiger partial charge in [-0.3, -0.25) is 4.79 Å². The number of carbonyl (C=O) groups excluding carboxylic acids is 1. The first-order valence-corrected chi connectivity index (χ1v) is 7.98. The van der Waals surface area contributed by atoms with Crippen LogP contribution in [-0.2, 0) is 0 Å². The molecule has 1 aromatic heterocycles. The van der Waals surface area contributed by atoms with Crippen molar-refractivity contribution in [3.63, 3.8) is 0 Å². The predicted octanol–water partition coefficient (Wildman–Crippen LogP) is 3.61. The molecule has 1 aliphatic rings. The number of halogens is 1. The van der Waals surface area contributed by atoms with E-state index < -0.39 is 0 Å². The van der Waals surface area contributed by atoms with Gasteiger partial charge < -0.3 is 4.90 Å². The van der Waals surface area contributed by atoms with Crippen molar-refractivity contribution in [2.45, 2.75) is 26.7 Å². The molecule has 0 N–H and O–H groups in total. The van der Waals surface area contributed by atoms with Gasteiger partial charge >= 0.3 is 0 Å². The number of thiophene rings is 1. The molecule has 1 saturated heterocycles. The van der Waals surface area contributed by atoms with Crippen LogP contribution in [0.1, 0.15) is 33.0 Å². The van der Waals surface area contributed by atoms with Gasteiger partial charge in [-0.1, -0.05) is 15.9 Å². The van der Waals surface area contributed by atoms with Crippen molar-refractivity contribution < 1.29 is 4.79 Å². The number of nitrogens with zero attached hydrogens (tertiary/aromatic N) is 1. The van der Waals surface area contributed by atoms with E-state index in [9.17, 15) is 4.79 Å². The Balaban J connectivity index is 2.01. The molecule has 2 heterocycles. The van der Waals surface area contributed by atoms with Crippen molar-refractivity contribution in [3.05, 3.63) is 21.4 Å². The summed E-state index contributed by atoms with van der Waals surface area (Å²) in [6.45, 7) is 5.96. The number of carbonyl (C=O) groups is 1. The number of hydrogen-bond acceptors (Lipinski definition) is 2. The fourth-order valence-corrected chi connectivity index (χ4v) is 3.77. The van der Waals surface area contributed by atoms with E-state index in [2.05, 4.69) is 29.8 Å². The minimum Gasteiger partial charge on any atom is -0.338 e. The van der Waals surface area contributed by atoms with Gasteiger partial charge in [-0.25, -0.2) is 0 Å². The molecule has 0 spiro atoms. The van der Waals surface area contributed by atoms with Crippen LogP contribution in [0.25, 0.3) is 0 Å². The molecular weight excluding hydrogens is 298 g/mol. The molecule has 1 aliphatic heterocycles. The highest BCUT2D eigenvalue weighted by molar-refractivity contribution is 9.09. The molecule has 94 valence electrons. The summed E-state index contributed by atoms with van der Waals surface area (Å²) in [7, 11) is 0. The molecular formula is C13H18BrNOS. The lowest BCUT2D eigenvalue weighted by Gasteiger charge is -2.30. The maximum atomic E-state index is 12.3. The summed E-state index contributed by atoms with van der Waals surface area (Å²) in [6.07, 6.45) is 2.25. The smallest absolute Gasteiger partial charge is 0.263 e. The monoisotopic (exact) mass is 315 g/mol. The molecule has 0 bridgehead atoms. The van der Waals surface area contributed by atoms with E-state index in [4.69, 9.17) is 0 Å². The second-order valence-electron chi connectivity index (χ2n) is 4.74. The van der Waals surface area contributed by atoms with Gasteiger partial charge in [0.05, 0.1) is 4.88 Å². The molecule has 0 atom stereocenters. The summed E-state index contributed by atoms with van der Waals surface area (Å²) in [6, 6.07) is 2.03. The Bertz CT molecular complexity index is 388. The second kappa shape index (κ2) is 5.53. The first-order chi connectivity index (χ1) is 8.11. The molecule has 1 fully saturated rings. The molecule has 2 nitrogen and oxygen atoms in total. The number of piperidine rings is 1. The van der Waals surface area contributed by atoms with Crippen LogP contribution in [0.5, 0.6) is 0 Å². The lowest BCUT2D eigenvalue weighted by atomic mass is 9.99. The lowest BCUT2D eigenvalue weighted by molar-refractivity contribution is 0.0704. The van der Waals surface area contributed by atoms with Crippen LogP contribution < -0.4 is 0 Å². The lowest BCUT2D eigenvalue weighted by Crippen LogP contribution is -2.38. The largest absolute Gasteiger partial charge is 0.338 e. The molecule has 0 aliphatic carbocycles. The number of likely N-dealkylation sites (tertiary alicyclic amines) is 1. The number of rotatable bonds is 2. The van der Waals surface area contributed by atoms with E-state index in [1.165, 1.54) is 10.4 Å². The van der Waals surface area contributed by atoms with Crippen molar-refractivity contribution in [2.75, 3.05) is 18.4 Å². The van der Waals surface area contributed by atoms with Crippen molar-refractivity contribution >= 4 is 33.2 Å². The van der Waals surface area contributed by atoms with E-state index >= 15 is 0 Å². The van der Waals surface area contributed by atoms with Crippen LogP contribution in [0.3, 0.4) is 0 Å². The SMILES string of the molecule is Cc1cc(C(=O)N2CCC(CBr)CC2)sc1C. The van der Waals surface area contributed by atoms with Gasteiger partial charge in [0.15, 0.2) is 0 Å². The molecule has 0 radical (unpaired) electrons. The van der Waals surface area contributed by atoms with E-state index in [1.54, 1.807) is 11.3 Å². The van der Waals surface area contributed by atoms with Crippen molar-refractivity contribution in [2.24, 2.45) is 5.92 Å². The summed E-state index contributed by atoms with van der Waals surface area (Å²) in [5.41, 5.74) is 1.23. The van der Waals surface area contributed by atoms with Crippen molar-refractivity contribution in [1.82, 2.24) is 4.90 Å². The van der Waals surface area contributed by atoms with Gasteiger partial charge in [0.25, 0.3) is 5.91 Å². The zero-order valence-corrected chi connectivity index (χ0v) is 12.7. The van der Waals surface area contributed by atoms with Crippen LogP contribution in [0, 0.1) is 19.8 Å². The van der Waals surface area contributed by atoms with Gasteiger partial charge in [0.2, 0.25) is 0 Å². The summed E-state index contributed by atoms with van der Waals surface area (Å²) in [5.74, 6) is 0.963. The first kappa shape index (κ1) is 13.1. The number of amides is 1. The molecule has 1 aromatic rings. The predicted molar refractivity (Wildman–Crippen MR) is 76.2 cm³/mol. The minimum absolute atomic E-state index is 0.222. The third-order valence-corrected chi connectivity index (χ3v) is 5.55. The Labute approximate surface area is 115 Å². The topological polar surface area (TPSA) is 20.3 Å². The summed E-state index contributed by atoms with van der Waals surface area (Å²) < 4.78 is 0. The summed E-state index contributed by atoms with van der Waals surface area (Å²) in [5, 5.41) is 1.06. The maximum absolute atomic E-state index is 12.3. The van der Waals surface area contributed by atoms with Crippen molar-refractivity contribution in [3.8, 4) is 0 Å². The zero-order chi connectivity index (χ0) is 12.4. The highest BCUT2D eigenvalue weighted by atomic mass is 79.9. The van der Waals surface area contributed by atoms with Crippen LogP contribution in [0.15, 0.2) is 6.07 Å². The average molecular weight is 316 g/mol. The Hall–Kier alpha value is -0.350.